The molecule has 0 unspecified atom stereocenters. The van der Waals surface area contributed by atoms with Gasteiger partial charge in [-0.25, -0.2) is 0 Å². The van der Waals surface area contributed by atoms with E-state index in [1.807, 2.05) is 0 Å². The van der Waals surface area contributed by atoms with Gasteiger partial charge < -0.3 is 5.73 Å². The van der Waals surface area contributed by atoms with Crippen LogP contribution in [0, 0.1) is 5.92 Å². The SMILES string of the molecule is CCC(CC)CCc1nnc(N)s1. The van der Waals surface area contributed by atoms with Crippen molar-refractivity contribution >= 4 is 16.5 Å². The molecule has 0 atom stereocenters. The molecule has 0 saturated heterocycles. The van der Waals surface area contributed by atoms with Gasteiger partial charge in [-0.3, -0.25) is 0 Å². The number of rotatable bonds is 5. The van der Waals surface area contributed by atoms with Gasteiger partial charge in [0.2, 0.25) is 5.13 Å². The Kier molecular flexibility index (Phi) is 4.15. The molecule has 1 aromatic rings. The fourth-order valence-corrected chi connectivity index (χ4v) is 2.02. The molecular weight excluding hydrogens is 182 g/mol. The molecule has 74 valence electrons. The van der Waals surface area contributed by atoms with Crippen molar-refractivity contribution in [3.05, 3.63) is 5.01 Å². The summed E-state index contributed by atoms with van der Waals surface area (Å²) >= 11 is 1.51. The van der Waals surface area contributed by atoms with Crippen LogP contribution in [0.5, 0.6) is 0 Å². The molecule has 13 heavy (non-hydrogen) atoms. The number of aromatic nitrogens is 2. The molecule has 0 radical (unpaired) electrons. The number of aryl methyl sites for hydroxylation is 1. The lowest BCUT2D eigenvalue weighted by molar-refractivity contribution is 0.455. The van der Waals surface area contributed by atoms with Crippen molar-refractivity contribution in [2.75, 3.05) is 5.73 Å². The minimum absolute atomic E-state index is 0.583. The zero-order valence-electron chi connectivity index (χ0n) is 8.29. The van der Waals surface area contributed by atoms with Crippen LogP contribution < -0.4 is 5.73 Å². The second kappa shape index (κ2) is 5.17. The molecule has 0 aliphatic rings. The zero-order chi connectivity index (χ0) is 9.68. The van der Waals surface area contributed by atoms with Gasteiger partial charge in [-0.1, -0.05) is 38.0 Å². The van der Waals surface area contributed by atoms with E-state index in [-0.39, 0.29) is 0 Å². The van der Waals surface area contributed by atoms with E-state index in [1.165, 1.54) is 30.6 Å². The number of hydrogen-bond acceptors (Lipinski definition) is 4. The summed E-state index contributed by atoms with van der Waals surface area (Å²) in [7, 11) is 0. The van der Waals surface area contributed by atoms with E-state index in [9.17, 15) is 0 Å². The van der Waals surface area contributed by atoms with E-state index in [1.54, 1.807) is 0 Å². The normalized spacial score (nSPS) is 11.0. The second-order valence-corrected chi connectivity index (χ2v) is 4.35. The summed E-state index contributed by atoms with van der Waals surface area (Å²) in [5, 5.41) is 9.45. The Morgan fingerprint density at radius 3 is 2.46 bits per heavy atom. The van der Waals surface area contributed by atoms with E-state index in [4.69, 9.17) is 5.73 Å². The average molecular weight is 199 g/mol. The Labute approximate surface area is 83.4 Å². The first-order chi connectivity index (χ1) is 6.26. The van der Waals surface area contributed by atoms with E-state index in [0.29, 0.717) is 5.13 Å². The summed E-state index contributed by atoms with van der Waals surface area (Å²) in [4.78, 5) is 0. The highest BCUT2D eigenvalue weighted by molar-refractivity contribution is 7.15. The molecule has 3 nitrogen and oxygen atoms in total. The Morgan fingerprint density at radius 1 is 1.31 bits per heavy atom. The van der Waals surface area contributed by atoms with Crippen molar-refractivity contribution < 1.29 is 0 Å². The Hall–Kier alpha value is -0.640. The maximum atomic E-state index is 5.49. The number of nitrogens with two attached hydrogens (primary N) is 1. The predicted octanol–water partition coefficient (Wildman–Crippen LogP) is 2.49. The third-order valence-corrected chi connectivity index (χ3v) is 3.22. The van der Waals surface area contributed by atoms with Gasteiger partial charge in [0.25, 0.3) is 0 Å². The summed E-state index contributed by atoms with van der Waals surface area (Å²) in [6.07, 6.45) is 4.75. The van der Waals surface area contributed by atoms with Crippen molar-refractivity contribution in [3.8, 4) is 0 Å². The van der Waals surface area contributed by atoms with Crippen LogP contribution in [-0.2, 0) is 6.42 Å². The smallest absolute Gasteiger partial charge is 0.203 e. The van der Waals surface area contributed by atoms with Crippen LogP contribution in [0.25, 0.3) is 0 Å². The van der Waals surface area contributed by atoms with Crippen LogP contribution in [0.3, 0.4) is 0 Å². The van der Waals surface area contributed by atoms with Crippen LogP contribution >= 0.6 is 11.3 Å². The van der Waals surface area contributed by atoms with Crippen molar-refractivity contribution in [2.45, 2.75) is 39.5 Å². The molecule has 0 aliphatic carbocycles. The van der Waals surface area contributed by atoms with Gasteiger partial charge in [0.1, 0.15) is 5.01 Å². The Bertz CT molecular complexity index is 243. The summed E-state index contributed by atoms with van der Waals surface area (Å²) in [6.45, 7) is 4.48. The molecular formula is C9H17N3S. The molecule has 0 fully saturated rings. The van der Waals surface area contributed by atoms with Crippen LogP contribution in [0.15, 0.2) is 0 Å². The molecule has 0 spiro atoms. The standard InChI is InChI=1S/C9H17N3S/c1-3-7(4-2)5-6-8-11-12-9(10)13-8/h7H,3-6H2,1-2H3,(H2,10,12). The van der Waals surface area contributed by atoms with Crippen molar-refractivity contribution in [1.29, 1.82) is 0 Å². The van der Waals surface area contributed by atoms with E-state index >= 15 is 0 Å². The maximum Gasteiger partial charge on any atom is 0.203 e. The molecule has 1 aromatic heterocycles. The molecule has 0 amide bonds. The quantitative estimate of drug-likeness (QED) is 0.792. The lowest BCUT2D eigenvalue weighted by atomic mass is 9.98. The van der Waals surface area contributed by atoms with Crippen molar-refractivity contribution in [1.82, 2.24) is 10.2 Å². The van der Waals surface area contributed by atoms with Gasteiger partial charge in [0.05, 0.1) is 0 Å². The van der Waals surface area contributed by atoms with Crippen molar-refractivity contribution in [2.24, 2.45) is 5.92 Å². The van der Waals surface area contributed by atoms with Gasteiger partial charge in [-0.2, -0.15) is 0 Å². The van der Waals surface area contributed by atoms with E-state index in [0.717, 1.165) is 17.3 Å². The lowest BCUT2D eigenvalue weighted by Gasteiger charge is -2.09. The van der Waals surface area contributed by atoms with Gasteiger partial charge in [-0.05, 0) is 12.3 Å². The predicted molar refractivity (Wildman–Crippen MR) is 56.7 cm³/mol. The molecule has 0 saturated carbocycles. The minimum Gasteiger partial charge on any atom is -0.374 e. The first kappa shape index (κ1) is 10.4. The van der Waals surface area contributed by atoms with Crippen LogP contribution in [0.1, 0.15) is 38.1 Å². The van der Waals surface area contributed by atoms with Crippen LogP contribution in [0.2, 0.25) is 0 Å². The fraction of sp³-hybridized carbons (Fsp3) is 0.778. The number of anilines is 1. The Morgan fingerprint density at radius 2 is 2.00 bits per heavy atom. The highest BCUT2D eigenvalue weighted by Gasteiger charge is 2.06. The van der Waals surface area contributed by atoms with Crippen LogP contribution in [0.4, 0.5) is 5.13 Å². The molecule has 4 heteroatoms. The summed E-state index contributed by atoms with van der Waals surface area (Å²) < 4.78 is 0. The highest BCUT2D eigenvalue weighted by Crippen LogP contribution is 2.18. The third-order valence-electron chi connectivity index (χ3n) is 2.40. The minimum atomic E-state index is 0.583. The topological polar surface area (TPSA) is 51.8 Å². The molecule has 0 bridgehead atoms. The fourth-order valence-electron chi connectivity index (χ4n) is 1.39. The van der Waals surface area contributed by atoms with Gasteiger partial charge in [-0.15, -0.1) is 10.2 Å². The van der Waals surface area contributed by atoms with E-state index < -0.39 is 0 Å². The highest BCUT2D eigenvalue weighted by atomic mass is 32.1. The Balaban J connectivity index is 2.33. The van der Waals surface area contributed by atoms with Gasteiger partial charge >= 0.3 is 0 Å². The number of hydrogen-bond donors (Lipinski definition) is 1. The largest absolute Gasteiger partial charge is 0.374 e. The van der Waals surface area contributed by atoms with Crippen molar-refractivity contribution in [3.63, 3.8) is 0 Å². The molecule has 0 aromatic carbocycles. The maximum absolute atomic E-state index is 5.49. The second-order valence-electron chi connectivity index (χ2n) is 3.26. The van der Waals surface area contributed by atoms with Gasteiger partial charge in [0, 0.05) is 6.42 Å². The summed E-state index contributed by atoms with van der Waals surface area (Å²) in [6, 6.07) is 0. The van der Waals surface area contributed by atoms with E-state index in [2.05, 4.69) is 24.0 Å². The molecule has 1 rings (SSSR count). The summed E-state index contributed by atoms with van der Waals surface area (Å²) in [5.41, 5.74) is 5.49. The number of nitrogens with zero attached hydrogens (tertiary/aromatic N) is 2. The summed E-state index contributed by atoms with van der Waals surface area (Å²) in [5.74, 6) is 0.824. The molecule has 1 heterocycles. The lowest BCUT2D eigenvalue weighted by Crippen LogP contribution is -1.98. The molecule has 0 aliphatic heterocycles. The first-order valence-electron chi connectivity index (χ1n) is 4.84. The van der Waals surface area contributed by atoms with Crippen LogP contribution in [-0.4, -0.2) is 10.2 Å². The third kappa shape index (κ3) is 3.30. The van der Waals surface area contributed by atoms with Gasteiger partial charge in [0.15, 0.2) is 0 Å². The molecule has 2 N–H and O–H groups in total. The monoisotopic (exact) mass is 199 g/mol. The number of nitrogen functional groups attached to an aromatic ring is 1. The zero-order valence-corrected chi connectivity index (χ0v) is 9.10. The first-order valence-corrected chi connectivity index (χ1v) is 5.65. The average Bonchev–Trinajstić information content (AvgIpc) is 2.53.